The van der Waals surface area contributed by atoms with Gasteiger partial charge in [-0.2, -0.15) is 5.10 Å². The van der Waals surface area contributed by atoms with E-state index in [9.17, 15) is 14.4 Å². The van der Waals surface area contributed by atoms with Crippen LogP contribution < -0.4 is 10.9 Å². The van der Waals surface area contributed by atoms with Gasteiger partial charge in [-0.25, -0.2) is 5.10 Å². The molecule has 1 fully saturated rings. The zero-order valence-electron chi connectivity index (χ0n) is 13.7. The number of benzene rings is 1. The number of piperidine rings is 1. The van der Waals surface area contributed by atoms with Gasteiger partial charge < -0.3 is 10.2 Å². The van der Waals surface area contributed by atoms with Crippen LogP contribution in [0.4, 0.5) is 0 Å². The number of H-pyrrole nitrogens is 1. The van der Waals surface area contributed by atoms with Gasteiger partial charge in [-0.1, -0.05) is 23.2 Å². The van der Waals surface area contributed by atoms with Crippen molar-refractivity contribution >= 4 is 35.0 Å². The number of nitrogens with zero attached hydrogens (tertiary/aromatic N) is 2. The fraction of sp³-hybridized carbons (Fsp3) is 0.294. The number of carbonyl (C=O) groups is 2. The molecule has 2 aromatic rings. The third kappa shape index (κ3) is 4.23. The van der Waals surface area contributed by atoms with Crippen LogP contribution in [0.2, 0.25) is 10.0 Å². The van der Waals surface area contributed by atoms with Gasteiger partial charge in [0.1, 0.15) is 5.69 Å². The van der Waals surface area contributed by atoms with Gasteiger partial charge in [0.2, 0.25) is 0 Å². The van der Waals surface area contributed by atoms with Crippen molar-refractivity contribution in [3.05, 3.63) is 62.0 Å². The Labute approximate surface area is 159 Å². The Morgan fingerprint density at radius 1 is 1.15 bits per heavy atom. The largest absolute Gasteiger partial charge is 0.348 e. The Kier molecular flexibility index (Phi) is 5.58. The number of aromatic amines is 1. The standard InChI is InChI=1S/C17H16Cl2N4O3/c18-10-1-2-12(13(19)9-10)17(26)23-7-5-11(6-8-23)20-16(25)14-3-4-15(24)22-21-14/h1-4,9,11H,5-8H2,(H,20,25)(H,22,24). The molecule has 9 heteroatoms. The summed E-state index contributed by atoms with van der Waals surface area (Å²) in [5.41, 5.74) is 0.196. The van der Waals surface area contributed by atoms with Crippen molar-refractivity contribution in [3.8, 4) is 0 Å². The van der Waals surface area contributed by atoms with E-state index >= 15 is 0 Å². The van der Waals surface area contributed by atoms with Crippen molar-refractivity contribution in [2.24, 2.45) is 0 Å². The molecule has 0 aliphatic carbocycles. The van der Waals surface area contributed by atoms with Gasteiger partial charge in [0.25, 0.3) is 17.4 Å². The molecule has 0 radical (unpaired) electrons. The summed E-state index contributed by atoms with van der Waals surface area (Å²) < 4.78 is 0. The first-order valence-corrected chi connectivity index (χ1v) is 8.80. The van der Waals surface area contributed by atoms with Crippen molar-refractivity contribution < 1.29 is 9.59 Å². The van der Waals surface area contributed by atoms with Crippen LogP contribution in [0, 0.1) is 0 Å². The maximum atomic E-state index is 12.6. The summed E-state index contributed by atoms with van der Waals surface area (Å²) in [7, 11) is 0. The summed E-state index contributed by atoms with van der Waals surface area (Å²) in [5, 5.41) is 9.59. The average Bonchev–Trinajstić information content (AvgIpc) is 2.62. The van der Waals surface area contributed by atoms with Crippen molar-refractivity contribution in [1.82, 2.24) is 20.4 Å². The normalized spacial score (nSPS) is 14.9. The molecule has 1 aromatic carbocycles. The van der Waals surface area contributed by atoms with Crippen LogP contribution in [0.25, 0.3) is 0 Å². The highest BCUT2D eigenvalue weighted by Gasteiger charge is 2.26. The molecule has 0 saturated carbocycles. The minimum Gasteiger partial charge on any atom is -0.348 e. The Balaban J connectivity index is 1.57. The lowest BCUT2D eigenvalue weighted by atomic mass is 10.0. The number of rotatable bonds is 3. The van der Waals surface area contributed by atoms with Gasteiger partial charge >= 0.3 is 0 Å². The Morgan fingerprint density at radius 3 is 2.50 bits per heavy atom. The minimum absolute atomic E-state index is 0.0685. The fourth-order valence-electron chi connectivity index (χ4n) is 2.79. The quantitative estimate of drug-likeness (QED) is 0.832. The molecule has 136 valence electrons. The highest BCUT2D eigenvalue weighted by molar-refractivity contribution is 6.36. The van der Waals surface area contributed by atoms with Crippen molar-refractivity contribution in [2.75, 3.05) is 13.1 Å². The van der Waals surface area contributed by atoms with Crippen molar-refractivity contribution in [1.29, 1.82) is 0 Å². The molecule has 2 amide bonds. The van der Waals surface area contributed by atoms with Crippen LogP contribution in [-0.2, 0) is 0 Å². The number of hydrogen-bond acceptors (Lipinski definition) is 4. The van der Waals surface area contributed by atoms with Gasteiger partial charge in [0.05, 0.1) is 10.6 Å². The highest BCUT2D eigenvalue weighted by atomic mass is 35.5. The second-order valence-electron chi connectivity index (χ2n) is 5.97. The number of amides is 2. The number of carbonyl (C=O) groups excluding carboxylic acids is 2. The van der Waals surface area contributed by atoms with E-state index in [-0.39, 0.29) is 29.1 Å². The molecular formula is C17H16Cl2N4O3. The first-order chi connectivity index (χ1) is 12.4. The van der Waals surface area contributed by atoms with Gasteiger partial charge in [-0.3, -0.25) is 14.4 Å². The minimum atomic E-state index is -0.366. The Bertz CT molecular complexity index is 871. The van der Waals surface area contributed by atoms with E-state index in [0.29, 0.717) is 41.5 Å². The predicted molar refractivity (Wildman–Crippen MR) is 97.7 cm³/mol. The van der Waals surface area contributed by atoms with Gasteiger partial charge in [-0.15, -0.1) is 0 Å². The van der Waals surface area contributed by atoms with E-state index in [4.69, 9.17) is 23.2 Å². The average molecular weight is 395 g/mol. The Morgan fingerprint density at radius 2 is 1.88 bits per heavy atom. The third-order valence-electron chi connectivity index (χ3n) is 4.19. The lowest BCUT2D eigenvalue weighted by molar-refractivity contribution is 0.0698. The fourth-order valence-corrected chi connectivity index (χ4v) is 3.28. The van der Waals surface area contributed by atoms with E-state index in [1.54, 1.807) is 23.1 Å². The van der Waals surface area contributed by atoms with E-state index in [2.05, 4.69) is 15.5 Å². The van der Waals surface area contributed by atoms with Gasteiger partial charge in [-0.05, 0) is 37.1 Å². The number of nitrogens with one attached hydrogen (secondary N) is 2. The van der Waals surface area contributed by atoms with E-state index < -0.39 is 0 Å². The molecule has 7 nitrogen and oxygen atoms in total. The smallest absolute Gasteiger partial charge is 0.271 e. The summed E-state index contributed by atoms with van der Waals surface area (Å²) in [6.07, 6.45) is 1.23. The molecule has 0 unspecified atom stereocenters. The van der Waals surface area contributed by atoms with Gasteiger partial charge in [0.15, 0.2) is 0 Å². The first-order valence-electron chi connectivity index (χ1n) is 8.05. The summed E-state index contributed by atoms with van der Waals surface area (Å²) in [6, 6.07) is 7.34. The molecule has 3 rings (SSSR count). The molecule has 0 atom stereocenters. The number of hydrogen-bond donors (Lipinski definition) is 2. The van der Waals surface area contributed by atoms with E-state index in [1.165, 1.54) is 12.1 Å². The molecule has 0 spiro atoms. The molecule has 0 bridgehead atoms. The summed E-state index contributed by atoms with van der Waals surface area (Å²) in [4.78, 5) is 37.4. The van der Waals surface area contributed by atoms with E-state index in [0.717, 1.165) is 0 Å². The molecule has 2 N–H and O–H groups in total. The summed E-state index contributed by atoms with van der Waals surface area (Å²) >= 11 is 12.0. The third-order valence-corrected chi connectivity index (χ3v) is 4.74. The zero-order chi connectivity index (χ0) is 18.7. The van der Waals surface area contributed by atoms with Crippen molar-refractivity contribution in [3.63, 3.8) is 0 Å². The van der Waals surface area contributed by atoms with E-state index in [1.807, 2.05) is 0 Å². The molecule has 1 aliphatic heterocycles. The summed E-state index contributed by atoms with van der Waals surface area (Å²) in [5.74, 6) is -0.509. The SMILES string of the molecule is O=C(NC1CCN(C(=O)c2ccc(Cl)cc2Cl)CC1)c1ccc(=O)[nH]n1. The second-order valence-corrected chi connectivity index (χ2v) is 6.81. The van der Waals surface area contributed by atoms with Crippen LogP contribution in [0.15, 0.2) is 35.1 Å². The molecule has 1 saturated heterocycles. The number of likely N-dealkylation sites (tertiary alicyclic amines) is 1. The van der Waals surface area contributed by atoms with Crippen molar-refractivity contribution in [2.45, 2.75) is 18.9 Å². The Hall–Kier alpha value is -2.38. The predicted octanol–water partition coefficient (Wildman–Crippen LogP) is 2.11. The van der Waals surface area contributed by atoms with Gasteiger partial charge in [0, 0.05) is 30.2 Å². The maximum Gasteiger partial charge on any atom is 0.271 e. The monoisotopic (exact) mass is 394 g/mol. The summed E-state index contributed by atoms with van der Waals surface area (Å²) in [6.45, 7) is 1.00. The maximum absolute atomic E-state index is 12.6. The molecular weight excluding hydrogens is 379 g/mol. The van der Waals surface area contributed by atoms with Crippen LogP contribution in [0.1, 0.15) is 33.7 Å². The molecule has 2 heterocycles. The van der Waals surface area contributed by atoms with Crippen LogP contribution >= 0.6 is 23.2 Å². The van der Waals surface area contributed by atoms with Crippen LogP contribution in [-0.4, -0.2) is 46.0 Å². The lowest BCUT2D eigenvalue weighted by Crippen LogP contribution is -2.46. The van der Waals surface area contributed by atoms with Crippen LogP contribution in [0.5, 0.6) is 0 Å². The lowest BCUT2D eigenvalue weighted by Gasteiger charge is -2.32. The zero-order valence-corrected chi connectivity index (χ0v) is 15.2. The second kappa shape index (κ2) is 7.88. The molecule has 1 aliphatic rings. The van der Waals surface area contributed by atoms with Crippen LogP contribution in [0.3, 0.4) is 0 Å². The molecule has 1 aromatic heterocycles. The number of halogens is 2. The highest BCUT2D eigenvalue weighted by Crippen LogP contribution is 2.23. The topological polar surface area (TPSA) is 95.2 Å². The number of aromatic nitrogens is 2. The first kappa shape index (κ1) is 18.4. The molecule has 26 heavy (non-hydrogen) atoms.